The van der Waals surface area contributed by atoms with Crippen LogP contribution in [0.5, 0.6) is 0 Å². The van der Waals surface area contributed by atoms with Crippen LogP contribution in [0.25, 0.3) is 0 Å². The predicted octanol–water partition coefficient (Wildman–Crippen LogP) is 1.24. The fourth-order valence-corrected chi connectivity index (χ4v) is 7.46. The Morgan fingerprint density at radius 1 is 1.15 bits per heavy atom. The smallest absolute Gasteiger partial charge is 0.315 e. The normalized spacial score (nSPS) is 44.7. The number of aliphatic hydroxyl groups is 1. The lowest BCUT2D eigenvalue weighted by molar-refractivity contribution is -0.213. The summed E-state index contributed by atoms with van der Waals surface area (Å²) in [6.07, 6.45) is -1.76. The van der Waals surface area contributed by atoms with E-state index in [-0.39, 0.29) is 12.3 Å². The first-order valence-electron chi connectivity index (χ1n) is 11.7. The molecule has 0 amide bonds. The van der Waals surface area contributed by atoms with Crippen molar-refractivity contribution in [1.82, 2.24) is 0 Å². The maximum Gasteiger partial charge on any atom is 0.315 e. The Kier molecular flexibility index (Phi) is 5.06. The summed E-state index contributed by atoms with van der Waals surface area (Å²) in [5, 5.41) is 11.2. The topological polar surface area (TPSA) is 135 Å². The summed E-state index contributed by atoms with van der Waals surface area (Å²) in [6, 6.07) is 0. The van der Waals surface area contributed by atoms with Gasteiger partial charge in [-0.3, -0.25) is 19.2 Å². The molecule has 5 aliphatic rings. The molecule has 2 heterocycles. The molecule has 186 valence electrons. The molecule has 0 radical (unpaired) electrons. The molecule has 2 unspecified atom stereocenters. The predicted molar refractivity (Wildman–Crippen MR) is 111 cm³/mol. The van der Waals surface area contributed by atoms with Gasteiger partial charge in [-0.15, -0.1) is 0 Å². The third-order valence-corrected chi connectivity index (χ3v) is 8.90. The van der Waals surface area contributed by atoms with E-state index in [1.54, 1.807) is 20.8 Å². The monoisotopic (exact) mass is 478 g/mol. The van der Waals surface area contributed by atoms with Crippen molar-refractivity contribution in [3.05, 3.63) is 11.8 Å². The molecule has 34 heavy (non-hydrogen) atoms. The van der Waals surface area contributed by atoms with Crippen molar-refractivity contribution in [2.45, 2.75) is 78.2 Å². The minimum atomic E-state index is -1.05. The fraction of sp³-hybridized carbons (Fsp3) is 0.750. The Labute approximate surface area is 196 Å². The number of carbonyl (C=O) groups is 4. The lowest BCUT2D eigenvalue weighted by Crippen LogP contribution is -2.58. The van der Waals surface area contributed by atoms with E-state index in [0.29, 0.717) is 12.0 Å². The highest BCUT2D eigenvalue weighted by atomic mass is 16.7. The van der Waals surface area contributed by atoms with Crippen molar-refractivity contribution in [2.24, 2.45) is 34.5 Å². The minimum Gasteiger partial charge on any atom is -0.462 e. The molecule has 2 aliphatic heterocycles. The van der Waals surface area contributed by atoms with Crippen molar-refractivity contribution in [1.29, 1.82) is 0 Å². The third-order valence-electron chi connectivity index (χ3n) is 8.90. The Morgan fingerprint density at radius 2 is 1.85 bits per heavy atom. The van der Waals surface area contributed by atoms with E-state index >= 15 is 0 Å². The van der Waals surface area contributed by atoms with Gasteiger partial charge in [0.05, 0.1) is 23.7 Å². The summed E-state index contributed by atoms with van der Waals surface area (Å²) in [5.74, 6) is -3.93. The molecular weight excluding hydrogens is 448 g/mol. The molecule has 1 spiro atoms. The maximum absolute atomic E-state index is 13.2. The second-order valence-electron chi connectivity index (χ2n) is 10.5. The summed E-state index contributed by atoms with van der Waals surface area (Å²) in [5.41, 5.74) is -1.06. The first-order chi connectivity index (χ1) is 15.9. The van der Waals surface area contributed by atoms with E-state index in [1.807, 2.05) is 0 Å². The molecular formula is C24H30O10. The van der Waals surface area contributed by atoms with E-state index in [4.69, 9.17) is 23.7 Å². The van der Waals surface area contributed by atoms with Crippen LogP contribution in [0.1, 0.15) is 47.5 Å². The van der Waals surface area contributed by atoms with Crippen LogP contribution in [0.3, 0.4) is 0 Å². The van der Waals surface area contributed by atoms with Gasteiger partial charge in [0.25, 0.3) is 0 Å². The fourth-order valence-electron chi connectivity index (χ4n) is 7.46. The average molecular weight is 478 g/mol. The zero-order valence-electron chi connectivity index (χ0n) is 19.8. The van der Waals surface area contributed by atoms with Crippen molar-refractivity contribution in [2.75, 3.05) is 0 Å². The molecule has 3 aliphatic carbocycles. The van der Waals surface area contributed by atoms with Gasteiger partial charge in [0, 0.05) is 42.6 Å². The van der Waals surface area contributed by atoms with Crippen molar-refractivity contribution >= 4 is 23.9 Å². The van der Waals surface area contributed by atoms with Gasteiger partial charge in [-0.1, -0.05) is 0 Å². The Bertz CT molecular complexity index is 988. The van der Waals surface area contributed by atoms with Gasteiger partial charge >= 0.3 is 23.9 Å². The van der Waals surface area contributed by atoms with Crippen LogP contribution in [-0.2, 0) is 42.9 Å². The van der Waals surface area contributed by atoms with E-state index in [0.717, 1.165) is 0 Å². The summed E-state index contributed by atoms with van der Waals surface area (Å²) in [6.45, 7) is 7.58. The molecule has 0 aromatic carbocycles. The van der Waals surface area contributed by atoms with Gasteiger partial charge in [-0.05, 0) is 33.6 Å². The number of hydrogen-bond acceptors (Lipinski definition) is 10. The Hall–Kier alpha value is -2.62. The molecule has 4 fully saturated rings. The molecule has 1 N–H and O–H groups in total. The first kappa shape index (κ1) is 23.1. The van der Waals surface area contributed by atoms with Gasteiger partial charge in [-0.2, -0.15) is 0 Å². The van der Waals surface area contributed by atoms with Crippen LogP contribution >= 0.6 is 0 Å². The SMILES string of the molecule is CC(=O)OC(C)C(C)C(=O)O[C@@H]1OC=C2[C@H]3OC(=O)[C@]4(C)[C@@H](C[C@]25[C@H]1C[C@@H](O)[C@@H]45)[C@@H]3OC(C)=O. The number of hydrogen-bond donors (Lipinski definition) is 1. The van der Waals surface area contributed by atoms with E-state index in [2.05, 4.69) is 0 Å². The molecule has 5 rings (SSSR count). The molecule has 10 heteroatoms. The third kappa shape index (κ3) is 2.83. The highest BCUT2D eigenvalue weighted by Crippen LogP contribution is 2.77. The first-order valence-corrected chi connectivity index (χ1v) is 11.7. The van der Waals surface area contributed by atoms with Crippen LogP contribution in [0.2, 0.25) is 0 Å². The lowest BCUT2D eigenvalue weighted by atomic mass is 9.61. The van der Waals surface area contributed by atoms with Crippen molar-refractivity contribution < 1.29 is 48.0 Å². The number of ether oxygens (including phenoxy) is 5. The van der Waals surface area contributed by atoms with Crippen LogP contribution in [0.15, 0.2) is 11.8 Å². The van der Waals surface area contributed by atoms with Gasteiger partial charge in [0.1, 0.15) is 12.2 Å². The molecule has 0 aromatic heterocycles. The highest BCUT2D eigenvalue weighted by molar-refractivity contribution is 5.82. The van der Waals surface area contributed by atoms with Crippen molar-refractivity contribution in [3.8, 4) is 0 Å². The van der Waals surface area contributed by atoms with Crippen molar-refractivity contribution in [3.63, 3.8) is 0 Å². The quantitative estimate of drug-likeness (QED) is 0.454. The van der Waals surface area contributed by atoms with Crippen LogP contribution in [0, 0.1) is 34.5 Å². The zero-order chi connectivity index (χ0) is 24.7. The van der Waals surface area contributed by atoms with E-state index in [1.165, 1.54) is 20.1 Å². The average Bonchev–Trinajstić information content (AvgIpc) is 3.15. The van der Waals surface area contributed by atoms with Crippen LogP contribution in [0.4, 0.5) is 0 Å². The molecule has 1 saturated heterocycles. The maximum atomic E-state index is 13.2. The largest absolute Gasteiger partial charge is 0.462 e. The minimum absolute atomic E-state index is 0.286. The number of aliphatic hydroxyl groups excluding tert-OH is 1. The number of esters is 4. The standard InChI is InChI=1S/C24H30O10/c1-9(10(2)31-11(3)25)20(28)34-21-13-6-16(27)19-23(5)14-7-24(13,19)15(8-30-21)18(33-22(23)29)17(14)32-12(4)26/h8-10,13-14,16-19,21,27H,6-7H2,1-5H3/t9?,10?,13-,14-,16+,17-,18+,19-,21-,23+,24-/m0/s1. The summed E-state index contributed by atoms with van der Waals surface area (Å²) in [7, 11) is 0. The van der Waals surface area contributed by atoms with Crippen LogP contribution in [-0.4, -0.2) is 59.7 Å². The van der Waals surface area contributed by atoms with Gasteiger partial charge < -0.3 is 28.8 Å². The molecule has 3 bridgehead atoms. The van der Waals surface area contributed by atoms with Gasteiger partial charge in [0.2, 0.25) is 6.29 Å². The Balaban J connectivity index is 1.49. The Morgan fingerprint density at radius 3 is 2.50 bits per heavy atom. The van der Waals surface area contributed by atoms with Gasteiger partial charge in [0.15, 0.2) is 6.10 Å². The molecule has 0 aromatic rings. The zero-order valence-corrected chi connectivity index (χ0v) is 19.8. The van der Waals surface area contributed by atoms with E-state index in [9.17, 15) is 24.3 Å². The number of fused-ring (bicyclic) bond motifs is 3. The number of carbonyl (C=O) groups excluding carboxylic acids is 4. The number of rotatable bonds is 5. The summed E-state index contributed by atoms with van der Waals surface area (Å²) >= 11 is 0. The summed E-state index contributed by atoms with van der Waals surface area (Å²) < 4.78 is 28.1. The summed E-state index contributed by atoms with van der Waals surface area (Å²) in [4.78, 5) is 49.2. The molecule has 10 nitrogen and oxygen atoms in total. The van der Waals surface area contributed by atoms with Gasteiger partial charge in [-0.25, -0.2) is 0 Å². The van der Waals surface area contributed by atoms with Crippen LogP contribution < -0.4 is 0 Å². The highest BCUT2D eigenvalue weighted by Gasteiger charge is 2.82. The molecule has 11 atom stereocenters. The second-order valence-corrected chi connectivity index (χ2v) is 10.5. The van der Waals surface area contributed by atoms with E-state index < -0.39 is 83.2 Å². The second kappa shape index (κ2) is 7.44. The lowest BCUT2D eigenvalue weighted by Gasteiger charge is -2.51. The molecule has 3 saturated carbocycles.